The summed E-state index contributed by atoms with van der Waals surface area (Å²) in [7, 11) is 0. The zero-order valence-corrected chi connectivity index (χ0v) is 17.3. The average molecular weight is 400 g/mol. The van der Waals surface area contributed by atoms with E-state index in [9.17, 15) is 14.4 Å². The largest absolute Gasteiger partial charge is 0.462 e. The number of aryl methyl sites for hydroxylation is 1. The summed E-state index contributed by atoms with van der Waals surface area (Å²) >= 11 is 0. The Labute approximate surface area is 170 Å². The highest BCUT2D eigenvalue weighted by Crippen LogP contribution is 2.20. The van der Waals surface area contributed by atoms with Gasteiger partial charge in [0.25, 0.3) is 5.91 Å². The van der Waals surface area contributed by atoms with Crippen LogP contribution in [-0.2, 0) is 14.3 Å². The highest BCUT2D eigenvalue weighted by molar-refractivity contribution is 5.99. The molecule has 0 saturated heterocycles. The van der Waals surface area contributed by atoms with Gasteiger partial charge in [0.05, 0.1) is 18.2 Å². The maximum atomic E-state index is 12.4. The Kier molecular flexibility index (Phi) is 8.00. The predicted octanol–water partition coefficient (Wildman–Crippen LogP) is 3.62. The van der Waals surface area contributed by atoms with Crippen molar-refractivity contribution in [2.75, 3.05) is 13.2 Å². The highest BCUT2D eigenvalue weighted by Gasteiger charge is 2.24. The Hall–Kier alpha value is -3.09. The van der Waals surface area contributed by atoms with Gasteiger partial charge in [0.2, 0.25) is 0 Å². The van der Waals surface area contributed by atoms with Crippen LogP contribution in [0, 0.1) is 13.8 Å². The molecule has 156 valence electrons. The number of esters is 2. The first kappa shape index (κ1) is 22.2. The molecule has 29 heavy (non-hydrogen) atoms. The number of H-pyrrole nitrogens is 1. The second-order valence-electron chi connectivity index (χ2n) is 6.74. The monoisotopic (exact) mass is 400 g/mol. The van der Waals surface area contributed by atoms with E-state index in [1.807, 2.05) is 37.3 Å². The van der Waals surface area contributed by atoms with Gasteiger partial charge in [0.1, 0.15) is 5.69 Å². The number of aromatic nitrogens is 1. The molecule has 0 spiro atoms. The normalized spacial score (nSPS) is 11.6. The molecule has 1 amide bonds. The quantitative estimate of drug-likeness (QED) is 0.627. The first-order valence-corrected chi connectivity index (χ1v) is 9.76. The van der Waals surface area contributed by atoms with Crippen molar-refractivity contribution < 1.29 is 23.9 Å². The summed E-state index contributed by atoms with van der Waals surface area (Å²) in [5.74, 6) is -1.57. The van der Waals surface area contributed by atoms with Gasteiger partial charge in [0, 0.05) is 5.69 Å². The van der Waals surface area contributed by atoms with Gasteiger partial charge >= 0.3 is 11.9 Å². The molecule has 1 heterocycles. The molecule has 1 aromatic heterocycles. The number of rotatable bonds is 9. The number of aromatic amines is 1. The van der Waals surface area contributed by atoms with E-state index in [1.165, 1.54) is 0 Å². The van der Waals surface area contributed by atoms with Gasteiger partial charge in [-0.3, -0.25) is 4.79 Å². The molecule has 0 aliphatic heterocycles. The molecular weight excluding hydrogens is 372 g/mol. The molecular formula is C22H28N2O5. The summed E-state index contributed by atoms with van der Waals surface area (Å²) in [6, 6.07) is 9.52. The number of carbonyl (C=O) groups is 3. The standard InChI is InChI=1S/C22H28N2O5/c1-5-10-17(16-11-8-7-9-12-16)24-18(25)13-29-22(27)20-14(3)19(15(4)23-20)21(26)28-6-2/h7-9,11-12,17,23H,5-6,10,13H2,1-4H3,(H,24,25). The van der Waals surface area contributed by atoms with Crippen LogP contribution in [0.5, 0.6) is 0 Å². The third kappa shape index (κ3) is 5.70. The smallest absolute Gasteiger partial charge is 0.355 e. The second kappa shape index (κ2) is 10.5. The molecule has 0 saturated carbocycles. The van der Waals surface area contributed by atoms with Gasteiger partial charge in [-0.2, -0.15) is 0 Å². The second-order valence-corrected chi connectivity index (χ2v) is 6.74. The summed E-state index contributed by atoms with van der Waals surface area (Å²) < 4.78 is 10.2. The Morgan fingerprint density at radius 2 is 1.72 bits per heavy atom. The lowest BCUT2D eigenvalue weighted by atomic mass is 10.0. The summed E-state index contributed by atoms with van der Waals surface area (Å²) in [5.41, 5.74) is 2.43. The Bertz CT molecular complexity index is 858. The van der Waals surface area contributed by atoms with Crippen LogP contribution < -0.4 is 5.32 Å². The van der Waals surface area contributed by atoms with Crippen LogP contribution in [0.4, 0.5) is 0 Å². The molecule has 2 rings (SSSR count). The van der Waals surface area contributed by atoms with Crippen molar-refractivity contribution in [3.63, 3.8) is 0 Å². The first-order chi connectivity index (χ1) is 13.9. The lowest BCUT2D eigenvalue weighted by molar-refractivity contribution is -0.125. The fourth-order valence-corrected chi connectivity index (χ4v) is 3.20. The zero-order valence-electron chi connectivity index (χ0n) is 17.3. The van der Waals surface area contributed by atoms with Crippen molar-refractivity contribution in [2.45, 2.75) is 46.6 Å². The van der Waals surface area contributed by atoms with Crippen LogP contribution in [0.25, 0.3) is 0 Å². The minimum Gasteiger partial charge on any atom is -0.462 e. The molecule has 7 heteroatoms. The Morgan fingerprint density at radius 3 is 2.34 bits per heavy atom. The van der Waals surface area contributed by atoms with E-state index in [0.29, 0.717) is 16.8 Å². The third-order valence-electron chi connectivity index (χ3n) is 4.57. The van der Waals surface area contributed by atoms with E-state index >= 15 is 0 Å². The van der Waals surface area contributed by atoms with E-state index in [4.69, 9.17) is 9.47 Å². The van der Waals surface area contributed by atoms with E-state index in [2.05, 4.69) is 10.3 Å². The Morgan fingerprint density at radius 1 is 1.03 bits per heavy atom. The molecule has 0 aliphatic rings. The summed E-state index contributed by atoms with van der Waals surface area (Å²) in [5, 5.41) is 2.91. The summed E-state index contributed by atoms with van der Waals surface area (Å²) in [6.45, 7) is 6.90. The number of carbonyl (C=O) groups excluding carboxylic acids is 3. The van der Waals surface area contributed by atoms with Gasteiger partial charge in [0.15, 0.2) is 6.61 Å². The van der Waals surface area contributed by atoms with E-state index in [-0.39, 0.29) is 24.2 Å². The van der Waals surface area contributed by atoms with E-state index in [1.54, 1.807) is 20.8 Å². The molecule has 2 aromatic rings. The van der Waals surface area contributed by atoms with Gasteiger partial charge < -0.3 is 19.8 Å². The van der Waals surface area contributed by atoms with E-state index in [0.717, 1.165) is 18.4 Å². The van der Waals surface area contributed by atoms with Crippen molar-refractivity contribution >= 4 is 17.8 Å². The van der Waals surface area contributed by atoms with Gasteiger partial charge in [-0.1, -0.05) is 43.7 Å². The molecule has 2 N–H and O–H groups in total. The van der Waals surface area contributed by atoms with E-state index < -0.39 is 18.5 Å². The maximum Gasteiger partial charge on any atom is 0.355 e. The fourth-order valence-electron chi connectivity index (χ4n) is 3.20. The Balaban J connectivity index is 2.00. The zero-order chi connectivity index (χ0) is 21.4. The lowest BCUT2D eigenvalue weighted by Gasteiger charge is -2.18. The number of hydrogen-bond acceptors (Lipinski definition) is 5. The topological polar surface area (TPSA) is 97.5 Å². The van der Waals surface area contributed by atoms with Crippen molar-refractivity contribution in [2.24, 2.45) is 0 Å². The molecule has 0 bridgehead atoms. The number of ether oxygens (including phenoxy) is 2. The highest BCUT2D eigenvalue weighted by atomic mass is 16.5. The SMILES string of the molecule is CCCC(NC(=O)COC(=O)c1[nH]c(C)c(C(=O)OCC)c1C)c1ccccc1. The maximum absolute atomic E-state index is 12.4. The van der Waals surface area contributed by atoms with Crippen LogP contribution in [0.15, 0.2) is 30.3 Å². The van der Waals surface area contributed by atoms with Crippen LogP contribution in [0.2, 0.25) is 0 Å². The minimum absolute atomic E-state index is 0.141. The molecule has 0 fully saturated rings. The van der Waals surface area contributed by atoms with Gasteiger partial charge in [-0.25, -0.2) is 9.59 Å². The van der Waals surface area contributed by atoms with Crippen LogP contribution in [0.1, 0.15) is 70.4 Å². The van der Waals surface area contributed by atoms with Crippen molar-refractivity contribution in [1.82, 2.24) is 10.3 Å². The molecule has 1 aromatic carbocycles. The minimum atomic E-state index is -0.692. The number of amides is 1. The summed E-state index contributed by atoms with van der Waals surface area (Å²) in [4.78, 5) is 39.6. The van der Waals surface area contributed by atoms with Gasteiger partial charge in [-0.15, -0.1) is 0 Å². The molecule has 7 nitrogen and oxygen atoms in total. The van der Waals surface area contributed by atoms with Crippen molar-refractivity contribution in [3.8, 4) is 0 Å². The first-order valence-electron chi connectivity index (χ1n) is 9.76. The number of hydrogen-bond donors (Lipinski definition) is 2. The van der Waals surface area contributed by atoms with Crippen molar-refractivity contribution in [1.29, 1.82) is 0 Å². The fraction of sp³-hybridized carbons (Fsp3) is 0.409. The predicted molar refractivity (Wildman–Crippen MR) is 109 cm³/mol. The molecule has 1 unspecified atom stereocenters. The van der Waals surface area contributed by atoms with Crippen LogP contribution in [0.3, 0.4) is 0 Å². The van der Waals surface area contributed by atoms with Crippen LogP contribution in [-0.4, -0.2) is 36.0 Å². The average Bonchev–Trinajstić information content (AvgIpc) is 3.01. The van der Waals surface area contributed by atoms with Crippen molar-refractivity contribution in [3.05, 3.63) is 58.4 Å². The van der Waals surface area contributed by atoms with Crippen LogP contribution >= 0.6 is 0 Å². The number of nitrogens with one attached hydrogen (secondary N) is 2. The third-order valence-corrected chi connectivity index (χ3v) is 4.57. The van der Waals surface area contributed by atoms with Gasteiger partial charge in [-0.05, 0) is 38.3 Å². The lowest BCUT2D eigenvalue weighted by Crippen LogP contribution is -2.32. The summed E-state index contributed by atoms with van der Waals surface area (Å²) in [6.07, 6.45) is 1.68. The molecule has 0 radical (unpaired) electrons. The molecule has 0 aliphatic carbocycles. The number of benzene rings is 1. The molecule has 1 atom stereocenters.